The van der Waals surface area contributed by atoms with Gasteiger partial charge in [-0.05, 0) is 44.1 Å². The van der Waals surface area contributed by atoms with Crippen LogP contribution in [0.1, 0.15) is 40.7 Å². The van der Waals surface area contributed by atoms with Crippen LogP contribution in [0.5, 0.6) is 5.75 Å². The van der Waals surface area contributed by atoms with Crippen molar-refractivity contribution in [1.29, 1.82) is 0 Å². The first kappa shape index (κ1) is 19.0. The van der Waals surface area contributed by atoms with E-state index in [1.807, 2.05) is 18.2 Å². The van der Waals surface area contributed by atoms with E-state index >= 15 is 0 Å². The monoisotopic (exact) mass is 399 g/mol. The van der Waals surface area contributed by atoms with Gasteiger partial charge < -0.3 is 14.7 Å². The highest BCUT2D eigenvalue weighted by atomic mass is 35.5. The number of halogens is 1. The second-order valence-corrected chi connectivity index (χ2v) is 7.98. The summed E-state index contributed by atoms with van der Waals surface area (Å²) in [5, 5.41) is 9.31. The molecule has 4 rings (SSSR count). The van der Waals surface area contributed by atoms with Crippen LogP contribution >= 0.6 is 11.6 Å². The van der Waals surface area contributed by atoms with E-state index in [9.17, 15) is 9.59 Å². The van der Waals surface area contributed by atoms with Gasteiger partial charge >= 0.3 is 5.97 Å². The summed E-state index contributed by atoms with van der Waals surface area (Å²) in [6, 6.07) is 12.7. The number of rotatable bonds is 5. The average Bonchev–Trinajstić information content (AvgIpc) is 3.05. The van der Waals surface area contributed by atoms with Crippen molar-refractivity contribution >= 4 is 23.4 Å². The quantitative estimate of drug-likeness (QED) is 0.775. The van der Waals surface area contributed by atoms with Crippen LogP contribution in [0, 0.1) is 0 Å². The van der Waals surface area contributed by atoms with E-state index in [0.29, 0.717) is 29.3 Å². The van der Waals surface area contributed by atoms with Crippen LogP contribution in [0.25, 0.3) is 0 Å². The summed E-state index contributed by atoms with van der Waals surface area (Å²) in [4.78, 5) is 25.8. The zero-order valence-electron chi connectivity index (χ0n) is 15.5. The van der Waals surface area contributed by atoms with Gasteiger partial charge in [0.25, 0.3) is 0 Å². The van der Waals surface area contributed by atoms with Crippen molar-refractivity contribution in [3.63, 3.8) is 0 Å². The average molecular weight is 400 g/mol. The highest BCUT2D eigenvalue weighted by molar-refractivity contribution is 6.35. The molecule has 1 saturated heterocycles. The first-order valence-electron chi connectivity index (χ1n) is 9.49. The number of likely N-dealkylation sites (tertiary alicyclic amines) is 1. The lowest BCUT2D eigenvalue weighted by Crippen LogP contribution is -2.44. The van der Waals surface area contributed by atoms with Gasteiger partial charge in [-0.2, -0.15) is 0 Å². The predicted molar refractivity (Wildman–Crippen MR) is 106 cm³/mol. The van der Waals surface area contributed by atoms with Crippen LogP contribution in [0.4, 0.5) is 0 Å². The highest BCUT2D eigenvalue weighted by Crippen LogP contribution is 2.46. The van der Waals surface area contributed by atoms with Gasteiger partial charge in [0.05, 0.1) is 18.1 Å². The minimum atomic E-state index is -0.759. The number of carbonyl (C=O) groups excluding carboxylic acids is 1. The molecule has 0 aromatic heterocycles. The molecule has 2 aliphatic heterocycles. The summed E-state index contributed by atoms with van der Waals surface area (Å²) in [7, 11) is 0. The standard InChI is InChI=1S/C22H22ClNO4/c23-18-4-2-1-3-16(18)21(27)15-5-6-17-19(13-15)28-14-22(17)8-11-24(12-9-22)10-7-20(25)26/h1-6,13H,7-12,14H2,(H,25,26). The van der Waals surface area contributed by atoms with Crippen molar-refractivity contribution in [2.24, 2.45) is 0 Å². The van der Waals surface area contributed by atoms with E-state index in [0.717, 1.165) is 37.2 Å². The van der Waals surface area contributed by atoms with Crippen LogP contribution in [-0.4, -0.2) is 48.0 Å². The van der Waals surface area contributed by atoms with Crippen molar-refractivity contribution in [3.05, 3.63) is 64.2 Å². The van der Waals surface area contributed by atoms with Gasteiger partial charge in [0.15, 0.2) is 5.78 Å². The summed E-state index contributed by atoms with van der Waals surface area (Å²) in [5.74, 6) is -0.0936. The number of carboxylic acid groups (broad SMARTS) is 1. The Morgan fingerprint density at radius 2 is 1.89 bits per heavy atom. The smallest absolute Gasteiger partial charge is 0.304 e. The van der Waals surface area contributed by atoms with E-state index in [1.54, 1.807) is 24.3 Å². The molecule has 0 saturated carbocycles. The lowest BCUT2D eigenvalue weighted by Gasteiger charge is -2.38. The van der Waals surface area contributed by atoms with Crippen LogP contribution in [0.15, 0.2) is 42.5 Å². The number of hydrogen-bond donors (Lipinski definition) is 1. The van der Waals surface area contributed by atoms with Crippen molar-refractivity contribution in [2.45, 2.75) is 24.7 Å². The molecule has 2 aromatic carbocycles. The predicted octanol–water partition coefficient (Wildman–Crippen LogP) is 3.77. The molecule has 28 heavy (non-hydrogen) atoms. The molecule has 146 valence electrons. The Hall–Kier alpha value is -2.37. The lowest BCUT2D eigenvalue weighted by atomic mass is 9.74. The topological polar surface area (TPSA) is 66.8 Å². The number of ether oxygens (including phenoxy) is 1. The summed E-state index contributed by atoms with van der Waals surface area (Å²) < 4.78 is 5.98. The maximum Gasteiger partial charge on any atom is 0.304 e. The zero-order chi connectivity index (χ0) is 19.7. The van der Waals surface area contributed by atoms with Gasteiger partial charge in [-0.3, -0.25) is 9.59 Å². The van der Waals surface area contributed by atoms with Gasteiger partial charge in [-0.1, -0.05) is 35.9 Å². The van der Waals surface area contributed by atoms with Crippen molar-refractivity contribution in [1.82, 2.24) is 4.90 Å². The van der Waals surface area contributed by atoms with Crippen LogP contribution < -0.4 is 4.74 Å². The minimum absolute atomic E-state index is 0.0406. The van der Waals surface area contributed by atoms with Gasteiger partial charge in [0.1, 0.15) is 5.75 Å². The van der Waals surface area contributed by atoms with Gasteiger partial charge in [-0.15, -0.1) is 0 Å². The summed E-state index contributed by atoms with van der Waals surface area (Å²) in [5.41, 5.74) is 2.17. The molecule has 1 N–H and O–H groups in total. The van der Waals surface area contributed by atoms with E-state index < -0.39 is 5.97 Å². The molecule has 5 nitrogen and oxygen atoms in total. The first-order chi connectivity index (χ1) is 13.5. The Balaban J connectivity index is 1.51. The van der Waals surface area contributed by atoms with Crippen molar-refractivity contribution in [2.75, 3.05) is 26.2 Å². The third-order valence-electron chi connectivity index (χ3n) is 5.89. The SMILES string of the molecule is O=C(O)CCN1CCC2(CC1)COc1cc(C(=O)c3ccccc3Cl)ccc12. The number of hydrogen-bond acceptors (Lipinski definition) is 4. The number of ketones is 1. The number of carbonyl (C=O) groups is 2. The van der Waals surface area contributed by atoms with Crippen LogP contribution in [0.2, 0.25) is 5.02 Å². The first-order valence-corrected chi connectivity index (χ1v) is 9.87. The van der Waals surface area contributed by atoms with Gasteiger partial charge in [0, 0.05) is 28.7 Å². The summed E-state index contributed by atoms with van der Waals surface area (Å²) in [6.07, 6.45) is 2.03. The Kier molecular flexibility index (Phi) is 5.13. The van der Waals surface area contributed by atoms with E-state index in [-0.39, 0.29) is 17.6 Å². The molecule has 6 heteroatoms. The Bertz CT molecular complexity index is 919. The van der Waals surface area contributed by atoms with E-state index in [2.05, 4.69) is 4.90 Å². The lowest BCUT2D eigenvalue weighted by molar-refractivity contribution is -0.137. The molecular formula is C22H22ClNO4. The molecule has 2 aromatic rings. The number of benzene rings is 2. The zero-order valence-corrected chi connectivity index (χ0v) is 16.2. The molecular weight excluding hydrogens is 378 g/mol. The van der Waals surface area contributed by atoms with Crippen LogP contribution in [0.3, 0.4) is 0 Å². The van der Waals surface area contributed by atoms with Crippen molar-refractivity contribution < 1.29 is 19.4 Å². The Morgan fingerprint density at radius 1 is 1.14 bits per heavy atom. The summed E-state index contributed by atoms with van der Waals surface area (Å²) in [6.45, 7) is 2.91. The second-order valence-electron chi connectivity index (χ2n) is 7.57. The molecule has 2 heterocycles. The molecule has 0 radical (unpaired) electrons. The third-order valence-corrected chi connectivity index (χ3v) is 6.22. The van der Waals surface area contributed by atoms with Gasteiger partial charge in [-0.25, -0.2) is 0 Å². The van der Waals surface area contributed by atoms with Crippen molar-refractivity contribution in [3.8, 4) is 5.75 Å². The number of fused-ring (bicyclic) bond motifs is 2. The van der Waals surface area contributed by atoms with Gasteiger partial charge in [0.2, 0.25) is 0 Å². The molecule has 0 atom stereocenters. The number of aliphatic carboxylic acids is 1. The maximum absolute atomic E-state index is 12.8. The molecule has 0 amide bonds. The fraction of sp³-hybridized carbons (Fsp3) is 0.364. The molecule has 0 aliphatic carbocycles. The Labute approximate surface area is 168 Å². The molecule has 2 aliphatic rings. The largest absolute Gasteiger partial charge is 0.492 e. The molecule has 1 fully saturated rings. The second kappa shape index (κ2) is 7.57. The number of piperidine rings is 1. The number of carboxylic acids is 1. The fourth-order valence-electron chi connectivity index (χ4n) is 4.19. The fourth-order valence-corrected chi connectivity index (χ4v) is 4.41. The molecule has 0 bridgehead atoms. The molecule has 0 unspecified atom stereocenters. The van der Waals surface area contributed by atoms with E-state index in [4.69, 9.17) is 21.4 Å². The maximum atomic E-state index is 12.8. The van der Waals surface area contributed by atoms with Crippen LogP contribution in [-0.2, 0) is 10.2 Å². The third kappa shape index (κ3) is 3.52. The highest BCUT2D eigenvalue weighted by Gasteiger charge is 2.43. The normalized spacial score (nSPS) is 17.9. The number of nitrogens with zero attached hydrogens (tertiary/aromatic N) is 1. The molecule has 1 spiro atoms. The Morgan fingerprint density at radius 3 is 2.61 bits per heavy atom. The van der Waals surface area contributed by atoms with E-state index in [1.165, 1.54) is 0 Å². The minimum Gasteiger partial charge on any atom is -0.492 e. The summed E-state index contributed by atoms with van der Waals surface area (Å²) >= 11 is 6.17.